The normalized spacial score (nSPS) is 23.7. The summed E-state index contributed by atoms with van der Waals surface area (Å²) in [5.41, 5.74) is 0. The van der Waals surface area contributed by atoms with Crippen LogP contribution in [0.15, 0.2) is 30.3 Å². The minimum Gasteiger partial charge on any atom is -0.482 e. The summed E-state index contributed by atoms with van der Waals surface area (Å²) in [6.07, 6.45) is -5.29. The van der Waals surface area contributed by atoms with Gasteiger partial charge in [-0.25, -0.2) is 4.79 Å². The lowest BCUT2D eigenvalue weighted by Gasteiger charge is -2.44. The van der Waals surface area contributed by atoms with E-state index in [2.05, 4.69) is 5.32 Å². The van der Waals surface area contributed by atoms with Gasteiger partial charge in [-0.3, -0.25) is 19.2 Å². The Balaban J connectivity index is 2.29. The number of ether oxygens (including phenoxy) is 6. The standard InChI is InChI=1S/C22H27NO11/c1-12(24)23-19-21(32-15(4)27)20(31-14(3)26)17(10-29-13(2)25)33-22(19)34-18(28)11-30-16-8-6-5-7-9-16/h5-9,17,19-22H,10-11H2,1-4H3,(H,23,24). The molecule has 0 spiro atoms. The molecule has 1 aromatic carbocycles. The average Bonchev–Trinajstić information content (AvgIpc) is 2.75. The van der Waals surface area contributed by atoms with Gasteiger partial charge < -0.3 is 33.7 Å². The van der Waals surface area contributed by atoms with Crippen LogP contribution in [0.4, 0.5) is 0 Å². The van der Waals surface area contributed by atoms with E-state index in [1.54, 1.807) is 30.3 Å². The number of hydrogen-bond donors (Lipinski definition) is 1. The zero-order valence-electron chi connectivity index (χ0n) is 19.2. The Kier molecular flexibility index (Phi) is 9.80. The molecule has 0 radical (unpaired) electrons. The van der Waals surface area contributed by atoms with Gasteiger partial charge in [-0.05, 0) is 12.1 Å². The summed E-state index contributed by atoms with van der Waals surface area (Å²) in [6, 6.07) is 7.24. The van der Waals surface area contributed by atoms with E-state index in [1.165, 1.54) is 6.92 Å². The molecule has 12 heteroatoms. The summed E-state index contributed by atoms with van der Waals surface area (Å²) in [6.45, 7) is 3.68. The molecular weight excluding hydrogens is 454 g/mol. The maximum Gasteiger partial charge on any atom is 0.346 e. The first-order valence-corrected chi connectivity index (χ1v) is 10.3. The van der Waals surface area contributed by atoms with Crippen molar-refractivity contribution in [3.63, 3.8) is 0 Å². The van der Waals surface area contributed by atoms with E-state index < -0.39 is 73.6 Å². The molecule has 1 aliphatic rings. The Bertz CT molecular complexity index is 888. The Morgan fingerprint density at radius 2 is 1.47 bits per heavy atom. The molecule has 0 aromatic heterocycles. The van der Waals surface area contributed by atoms with E-state index in [-0.39, 0.29) is 0 Å². The lowest BCUT2D eigenvalue weighted by Crippen LogP contribution is -2.66. The lowest BCUT2D eigenvalue weighted by atomic mass is 9.96. The van der Waals surface area contributed by atoms with Gasteiger partial charge in [-0.1, -0.05) is 18.2 Å². The third-order valence-electron chi connectivity index (χ3n) is 4.42. The van der Waals surface area contributed by atoms with Gasteiger partial charge in [0.1, 0.15) is 24.5 Å². The van der Waals surface area contributed by atoms with E-state index in [1.807, 2.05) is 0 Å². The third kappa shape index (κ3) is 8.35. The van der Waals surface area contributed by atoms with Crippen molar-refractivity contribution in [1.29, 1.82) is 0 Å². The molecule has 0 bridgehead atoms. The molecule has 2 rings (SSSR count). The number of amides is 1. The van der Waals surface area contributed by atoms with Gasteiger partial charge in [-0.2, -0.15) is 0 Å². The molecule has 1 amide bonds. The molecule has 1 aromatic rings. The van der Waals surface area contributed by atoms with Crippen LogP contribution < -0.4 is 10.1 Å². The van der Waals surface area contributed by atoms with Gasteiger partial charge in [0.05, 0.1) is 0 Å². The van der Waals surface area contributed by atoms with E-state index in [4.69, 9.17) is 28.4 Å². The van der Waals surface area contributed by atoms with E-state index in [9.17, 15) is 24.0 Å². The van der Waals surface area contributed by atoms with Crippen LogP contribution in [0.1, 0.15) is 27.7 Å². The maximum atomic E-state index is 12.5. The highest BCUT2D eigenvalue weighted by atomic mass is 16.7. The molecule has 1 saturated heterocycles. The molecule has 5 unspecified atom stereocenters. The second kappa shape index (κ2) is 12.5. The summed E-state index contributed by atoms with van der Waals surface area (Å²) in [5, 5.41) is 2.50. The minimum absolute atomic E-state index is 0.410. The number of esters is 4. The van der Waals surface area contributed by atoms with Crippen molar-refractivity contribution in [1.82, 2.24) is 5.32 Å². The summed E-state index contributed by atoms with van der Waals surface area (Å²) < 4.78 is 32.0. The van der Waals surface area contributed by atoms with Crippen LogP contribution in [0.25, 0.3) is 0 Å². The molecule has 12 nitrogen and oxygen atoms in total. The molecule has 1 aliphatic heterocycles. The molecule has 1 heterocycles. The predicted molar refractivity (Wildman–Crippen MR) is 112 cm³/mol. The summed E-state index contributed by atoms with van der Waals surface area (Å²) >= 11 is 0. The van der Waals surface area contributed by atoms with E-state index >= 15 is 0 Å². The quantitative estimate of drug-likeness (QED) is 0.382. The summed E-state index contributed by atoms with van der Waals surface area (Å²) in [5.74, 6) is -3.16. The zero-order chi connectivity index (χ0) is 25.3. The highest BCUT2D eigenvalue weighted by Crippen LogP contribution is 2.28. The number of hydrogen-bond acceptors (Lipinski definition) is 11. The van der Waals surface area contributed by atoms with Gasteiger partial charge in [0.25, 0.3) is 0 Å². The predicted octanol–water partition coefficient (Wildman–Crippen LogP) is 0.265. The largest absolute Gasteiger partial charge is 0.482 e. The topological polar surface area (TPSA) is 153 Å². The number of carbonyl (C=O) groups excluding carboxylic acids is 5. The first-order chi connectivity index (χ1) is 16.1. The van der Waals surface area contributed by atoms with E-state index in [0.29, 0.717) is 5.75 Å². The number of para-hydroxylation sites is 1. The highest BCUT2D eigenvalue weighted by Gasteiger charge is 2.52. The van der Waals surface area contributed by atoms with Gasteiger partial charge in [0.15, 0.2) is 18.8 Å². The maximum absolute atomic E-state index is 12.5. The van der Waals surface area contributed by atoms with Crippen LogP contribution in [0.3, 0.4) is 0 Å². The second-order valence-corrected chi connectivity index (χ2v) is 7.31. The van der Waals surface area contributed by atoms with Crippen LogP contribution in [-0.2, 0) is 47.7 Å². The number of carbonyl (C=O) groups is 5. The van der Waals surface area contributed by atoms with Crippen LogP contribution in [0.5, 0.6) is 5.75 Å². The Morgan fingerprint density at radius 1 is 0.853 bits per heavy atom. The average molecular weight is 481 g/mol. The molecule has 0 aliphatic carbocycles. The second-order valence-electron chi connectivity index (χ2n) is 7.31. The molecule has 1 N–H and O–H groups in total. The van der Waals surface area contributed by atoms with Crippen LogP contribution >= 0.6 is 0 Å². The fraction of sp³-hybridized carbons (Fsp3) is 0.500. The Hall–Kier alpha value is -3.67. The first-order valence-electron chi connectivity index (χ1n) is 10.3. The van der Waals surface area contributed by atoms with Crippen LogP contribution in [0, 0.1) is 0 Å². The smallest absolute Gasteiger partial charge is 0.346 e. The van der Waals surface area contributed by atoms with Gasteiger partial charge >= 0.3 is 23.9 Å². The fourth-order valence-corrected chi connectivity index (χ4v) is 3.21. The summed E-state index contributed by atoms with van der Waals surface area (Å²) in [7, 11) is 0. The van der Waals surface area contributed by atoms with Crippen LogP contribution in [0.2, 0.25) is 0 Å². The molecule has 34 heavy (non-hydrogen) atoms. The SMILES string of the molecule is CC(=O)NC1C(OC(=O)COc2ccccc2)OC(COC(C)=O)C(OC(C)=O)C1OC(C)=O. The van der Waals surface area contributed by atoms with Crippen molar-refractivity contribution in [2.45, 2.75) is 58.3 Å². The Labute approximate surface area is 195 Å². The van der Waals surface area contributed by atoms with E-state index in [0.717, 1.165) is 20.8 Å². The molecule has 0 saturated carbocycles. The number of nitrogens with one attached hydrogen (secondary N) is 1. The number of benzene rings is 1. The van der Waals surface area contributed by atoms with Gasteiger partial charge in [0, 0.05) is 27.7 Å². The monoisotopic (exact) mass is 481 g/mol. The fourth-order valence-electron chi connectivity index (χ4n) is 3.21. The highest BCUT2D eigenvalue weighted by molar-refractivity contribution is 5.74. The van der Waals surface area contributed by atoms with Crippen molar-refractivity contribution in [2.24, 2.45) is 0 Å². The van der Waals surface area contributed by atoms with Crippen molar-refractivity contribution in [2.75, 3.05) is 13.2 Å². The van der Waals surface area contributed by atoms with Crippen molar-refractivity contribution >= 4 is 29.8 Å². The summed E-state index contributed by atoms with van der Waals surface area (Å²) in [4.78, 5) is 59.2. The zero-order valence-corrected chi connectivity index (χ0v) is 19.2. The minimum atomic E-state index is -1.49. The first kappa shape index (κ1) is 26.6. The van der Waals surface area contributed by atoms with Gasteiger partial charge in [0.2, 0.25) is 12.2 Å². The number of rotatable bonds is 9. The van der Waals surface area contributed by atoms with Crippen LogP contribution in [-0.4, -0.2) is 73.6 Å². The van der Waals surface area contributed by atoms with Crippen molar-refractivity contribution < 1.29 is 52.4 Å². The molecule has 1 fully saturated rings. The third-order valence-corrected chi connectivity index (χ3v) is 4.42. The molecule has 5 atom stereocenters. The van der Waals surface area contributed by atoms with Crippen molar-refractivity contribution in [3.05, 3.63) is 30.3 Å². The molecule has 186 valence electrons. The van der Waals surface area contributed by atoms with Crippen molar-refractivity contribution in [3.8, 4) is 5.75 Å². The molecular formula is C22H27NO11. The Morgan fingerprint density at radius 3 is 2.03 bits per heavy atom. The lowest BCUT2D eigenvalue weighted by molar-refractivity contribution is -0.272. The van der Waals surface area contributed by atoms with Gasteiger partial charge in [-0.15, -0.1) is 0 Å².